The highest BCUT2D eigenvalue weighted by Gasteiger charge is 2.20. The second kappa shape index (κ2) is 8.48. The Morgan fingerprint density at radius 1 is 1.30 bits per heavy atom. The Morgan fingerprint density at radius 3 is 2.83 bits per heavy atom. The van der Waals surface area contributed by atoms with E-state index in [1.54, 1.807) is 6.26 Å². The Hall–Kier alpha value is -1.36. The molecule has 0 saturated carbocycles. The predicted molar refractivity (Wildman–Crippen MR) is 95.9 cm³/mol. The Balaban J connectivity index is 0.00000192. The van der Waals surface area contributed by atoms with Crippen molar-refractivity contribution in [2.24, 2.45) is 5.92 Å². The molecule has 1 aromatic heterocycles. The van der Waals surface area contributed by atoms with Crippen LogP contribution in [0.3, 0.4) is 0 Å². The van der Waals surface area contributed by atoms with Crippen molar-refractivity contribution in [3.63, 3.8) is 0 Å². The minimum atomic E-state index is 0. The third-order valence-electron chi connectivity index (χ3n) is 4.33. The van der Waals surface area contributed by atoms with E-state index in [1.165, 1.54) is 18.4 Å². The van der Waals surface area contributed by atoms with Gasteiger partial charge in [-0.15, -0.1) is 12.4 Å². The molecule has 1 aliphatic heterocycles. The number of nitrogens with zero attached hydrogens (tertiary/aromatic N) is 2. The summed E-state index contributed by atoms with van der Waals surface area (Å²) in [7, 11) is 2.03. The third kappa shape index (κ3) is 4.80. The lowest BCUT2D eigenvalue weighted by molar-refractivity contribution is 0.165. The van der Waals surface area contributed by atoms with Gasteiger partial charge in [-0.3, -0.25) is 4.90 Å². The molecule has 2 aromatic rings. The van der Waals surface area contributed by atoms with E-state index in [9.17, 15) is 0 Å². The molecule has 1 aromatic carbocycles. The third-order valence-corrected chi connectivity index (χ3v) is 4.33. The Labute approximate surface area is 144 Å². The summed E-state index contributed by atoms with van der Waals surface area (Å²) in [6, 6.07) is 8.31. The highest BCUT2D eigenvalue weighted by Crippen LogP contribution is 2.21. The molecule has 3 rings (SSSR count). The van der Waals surface area contributed by atoms with Crippen molar-refractivity contribution in [1.82, 2.24) is 15.2 Å². The van der Waals surface area contributed by atoms with Gasteiger partial charge in [-0.05, 0) is 58.0 Å². The molecular weight excluding hydrogens is 310 g/mol. The number of hydrogen-bond acceptors (Lipinski definition) is 4. The zero-order chi connectivity index (χ0) is 15.4. The topological polar surface area (TPSA) is 41.3 Å². The van der Waals surface area contributed by atoms with Crippen LogP contribution in [0.2, 0.25) is 0 Å². The molecule has 1 unspecified atom stereocenters. The van der Waals surface area contributed by atoms with E-state index in [4.69, 9.17) is 4.42 Å². The second-order valence-electron chi connectivity index (χ2n) is 6.31. The van der Waals surface area contributed by atoms with E-state index >= 15 is 0 Å². The lowest BCUT2D eigenvalue weighted by atomic mass is 9.98. The normalized spacial score (nSPS) is 18.6. The number of aromatic nitrogens is 1. The van der Waals surface area contributed by atoms with Crippen LogP contribution in [0.5, 0.6) is 0 Å². The highest BCUT2D eigenvalue weighted by atomic mass is 35.5. The van der Waals surface area contributed by atoms with Crippen LogP contribution in [0.15, 0.2) is 34.9 Å². The number of nitrogens with one attached hydrogen (secondary N) is 1. The molecule has 23 heavy (non-hydrogen) atoms. The SMILES string of the molecule is CNCC1CCCN(Cc2coc(-c3ccc(C)cc3)n2)C1.Cl. The summed E-state index contributed by atoms with van der Waals surface area (Å²) in [5, 5.41) is 3.29. The lowest BCUT2D eigenvalue weighted by Gasteiger charge is -2.32. The summed E-state index contributed by atoms with van der Waals surface area (Å²) in [5.41, 5.74) is 3.32. The van der Waals surface area contributed by atoms with Crippen molar-refractivity contribution >= 4 is 12.4 Å². The molecule has 0 amide bonds. The number of hydrogen-bond donors (Lipinski definition) is 1. The predicted octanol–water partition coefficient (Wildman–Crippen LogP) is 3.50. The molecule has 1 fully saturated rings. The number of benzene rings is 1. The van der Waals surface area contributed by atoms with E-state index in [1.807, 2.05) is 7.05 Å². The first-order valence-corrected chi connectivity index (χ1v) is 8.13. The van der Waals surface area contributed by atoms with Gasteiger partial charge in [0.05, 0.1) is 5.69 Å². The summed E-state index contributed by atoms with van der Waals surface area (Å²) in [6.07, 6.45) is 4.40. The Bertz CT molecular complexity index is 595. The van der Waals surface area contributed by atoms with Crippen molar-refractivity contribution in [1.29, 1.82) is 0 Å². The average molecular weight is 336 g/mol. The van der Waals surface area contributed by atoms with Gasteiger partial charge in [0.15, 0.2) is 0 Å². The summed E-state index contributed by atoms with van der Waals surface area (Å²) < 4.78 is 5.66. The van der Waals surface area contributed by atoms with Crippen LogP contribution in [0.1, 0.15) is 24.1 Å². The van der Waals surface area contributed by atoms with E-state index < -0.39 is 0 Å². The largest absolute Gasteiger partial charge is 0.444 e. The standard InChI is InChI=1S/C18H25N3O.ClH/c1-14-5-7-16(8-6-14)18-20-17(13-22-18)12-21-9-3-4-15(11-21)10-19-2;/h5-8,13,15,19H,3-4,9-12H2,1-2H3;1H. The molecule has 0 radical (unpaired) electrons. The molecule has 5 heteroatoms. The van der Waals surface area contributed by atoms with Gasteiger partial charge >= 0.3 is 0 Å². The molecule has 2 heterocycles. The van der Waals surface area contributed by atoms with Crippen LogP contribution in [-0.4, -0.2) is 36.6 Å². The maximum Gasteiger partial charge on any atom is 0.226 e. The molecule has 0 spiro atoms. The van der Waals surface area contributed by atoms with Crippen LogP contribution >= 0.6 is 12.4 Å². The first kappa shape index (κ1) is 18.0. The van der Waals surface area contributed by atoms with Crippen molar-refractivity contribution < 1.29 is 4.42 Å². The zero-order valence-electron chi connectivity index (χ0n) is 13.9. The molecule has 126 valence electrons. The van der Waals surface area contributed by atoms with Gasteiger partial charge < -0.3 is 9.73 Å². The van der Waals surface area contributed by atoms with Crippen LogP contribution in [0, 0.1) is 12.8 Å². The number of piperidine rings is 1. The smallest absolute Gasteiger partial charge is 0.226 e. The monoisotopic (exact) mass is 335 g/mol. The first-order chi connectivity index (χ1) is 10.7. The van der Waals surface area contributed by atoms with Crippen LogP contribution in [0.4, 0.5) is 0 Å². The summed E-state index contributed by atoms with van der Waals surface area (Å²) >= 11 is 0. The fourth-order valence-corrected chi connectivity index (χ4v) is 3.19. The van der Waals surface area contributed by atoms with Crippen LogP contribution in [0.25, 0.3) is 11.5 Å². The van der Waals surface area contributed by atoms with Gasteiger partial charge in [0.25, 0.3) is 0 Å². The van der Waals surface area contributed by atoms with Crippen molar-refractivity contribution in [3.8, 4) is 11.5 Å². The lowest BCUT2D eigenvalue weighted by Crippen LogP contribution is -2.38. The fourth-order valence-electron chi connectivity index (χ4n) is 3.19. The number of rotatable bonds is 5. The molecule has 1 N–H and O–H groups in total. The minimum absolute atomic E-state index is 0. The number of aryl methyl sites for hydroxylation is 1. The van der Waals surface area contributed by atoms with Gasteiger partial charge in [0, 0.05) is 18.7 Å². The minimum Gasteiger partial charge on any atom is -0.444 e. The quantitative estimate of drug-likeness (QED) is 0.908. The van der Waals surface area contributed by atoms with Gasteiger partial charge in [0.1, 0.15) is 6.26 Å². The molecule has 1 saturated heterocycles. The fraction of sp³-hybridized carbons (Fsp3) is 0.500. The van der Waals surface area contributed by atoms with E-state index in [0.717, 1.165) is 49.2 Å². The van der Waals surface area contributed by atoms with Crippen LogP contribution < -0.4 is 5.32 Å². The molecule has 4 nitrogen and oxygen atoms in total. The van der Waals surface area contributed by atoms with Gasteiger partial charge in [0.2, 0.25) is 5.89 Å². The maximum absolute atomic E-state index is 5.66. The molecule has 0 bridgehead atoms. The van der Waals surface area contributed by atoms with Crippen molar-refractivity contribution in [2.75, 3.05) is 26.7 Å². The zero-order valence-corrected chi connectivity index (χ0v) is 14.7. The van der Waals surface area contributed by atoms with Gasteiger partial charge in [-0.1, -0.05) is 17.7 Å². The van der Waals surface area contributed by atoms with E-state index in [2.05, 4.69) is 46.4 Å². The highest BCUT2D eigenvalue weighted by molar-refractivity contribution is 5.85. The molecule has 0 aliphatic carbocycles. The van der Waals surface area contributed by atoms with Crippen molar-refractivity contribution in [2.45, 2.75) is 26.3 Å². The summed E-state index contributed by atoms with van der Waals surface area (Å²) in [6.45, 7) is 6.38. The number of oxazole rings is 1. The Morgan fingerprint density at radius 2 is 2.09 bits per heavy atom. The van der Waals surface area contributed by atoms with E-state index in [-0.39, 0.29) is 12.4 Å². The maximum atomic E-state index is 5.66. The summed E-state index contributed by atoms with van der Waals surface area (Å²) in [4.78, 5) is 7.14. The van der Waals surface area contributed by atoms with Gasteiger partial charge in [-0.2, -0.15) is 0 Å². The van der Waals surface area contributed by atoms with E-state index in [0.29, 0.717) is 0 Å². The van der Waals surface area contributed by atoms with Crippen LogP contribution in [-0.2, 0) is 6.54 Å². The second-order valence-corrected chi connectivity index (χ2v) is 6.31. The average Bonchev–Trinajstić information content (AvgIpc) is 2.97. The number of likely N-dealkylation sites (tertiary alicyclic amines) is 1. The molecule has 1 atom stereocenters. The summed E-state index contributed by atoms with van der Waals surface area (Å²) in [5.74, 6) is 1.47. The first-order valence-electron chi connectivity index (χ1n) is 8.13. The number of halogens is 1. The molecule has 1 aliphatic rings. The Kier molecular flexibility index (Phi) is 6.63. The molecular formula is C18H26ClN3O. The van der Waals surface area contributed by atoms with Gasteiger partial charge in [-0.25, -0.2) is 4.98 Å². The van der Waals surface area contributed by atoms with Crippen molar-refractivity contribution in [3.05, 3.63) is 41.8 Å².